The minimum absolute atomic E-state index is 0.259. The predicted octanol–water partition coefficient (Wildman–Crippen LogP) is 5.71. The van der Waals surface area contributed by atoms with Crippen LogP contribution in [-0.2, 0) is 23.7 Å². The SMILES string of the molecule is CCCCC/C=C/CC/C=C/CC/C=C/C(O)C(COC1OC(CO)C(OC2OC(CO)C(O)C(O)C2O)C(O)C1O)NC(=O)CCCCCCC/C=C\CCCCCCCCC. The molecular weight excluding hydrogens is 811 g/mol. The Morgan fingerprint density at radius 3 is 1.59 bits per heavy atom. The molecule has 1 amide bonds. The van der Waals surface area contributed by atoms with Crippen molar-refractivity contribution in [1.29, 1.82) is 0 Å². The highest BCUT2D eigenvalue weighted by Crippen LogP contribution is 2.30. The molecule has 0 aromatic heterocycles. The van der Waals surface area contributed by atoms with Crippen LogP contribution in [0.2, 0.25) is 0 Å². The summed E-state index contributed by atoms with van der Waals surface area (Å²) in [5.41, 5.74) is 0. The normalized spacial score (nSPS) is 27.9. The fraction of sp³-hybridized carbons (Fsp3) is 0.816. The minimum Gasteiger partial charge on any atom is -0.394 e. The van der Waals surface area contributed by atoms with E-state index in [2.05, 4.69) is 55.6 Å². The van der Waals surface area contributed by atoms with Gasteiger partial charge in [0, 0.05) is 6.42 Å². The molecule has 2 saturated heterocycles. The zero-order valence-corrected chi connectivity index (χ0v) is 38.6. The highest BCUT2D eigenvalue weighted by atomic mass is 16.7. The van der Waals surface area contributed by atoms with Crippen molar-refractivity contribution in [1.82, 2.24) is 5.32 Å². The summed E-state index contributed by atoms with van der Waals surface area (Å²) in [6.45, 7) is 2.69. The molecule has 0 radical (unpaired) electrons. The van der Waals surface area contributed by atoms with Crippen molar-refractivity contribution in [2.24, 2.45) is 0 Å². The molecule has 2 aliphatic rings. The molecular formula is C49H87NO13. The van der Waals surface area contributed by atoms with Crippen molar-refractivity contribution >= 4 is 5.91 Å². The zero-order chi connectivity index (χ0) is 46.1. The van der Waals surface area contributed by atoms with Gasteiger partial charge in [0.25, 0.3) is 0 Å². The predicted molar refractivity (Wildman–Crippen MR) is 244 cm³/mol. The fourth-order valence-corrected chi connectivity index (χ4v) is 7.67. The van der Waals surface area contributed by atoms with Crippen molar-refractivity contribution in [2.45, 2.75) is 235 Å². The maximum Gasteiger partial charge on any atom is 0.220 e. The van der Waals surface area contributed by atoms with Crippen LogP contribution in [0.1, 0.15) is 162 Å². The minimum atomic E-state index is -1.79. The highest BCUT2D eigenvalue weighted by molar-refractivity contribution is 5.76. The van der Waals surface area contributed by atoms with Crippen molar-refractivity contribution in [3.8, 4) is 0 Å². The van der Waals surface area contributed by atoms with Gasteiger partial charge in [0.1, 0.15) is 48.8 Å². The average Bonchev–Trinajstić information content (AvgIpc) is 3.28. The van der Waals surface area contributed by atoms with Crippen LogP contribution in [0.5, 0.6) is 0 Å². The first-order valence-corrected chi connectivity index (χ1v) is 24.4. The summed E-state index contributed by atoms with van der Waals surface area (Å²) >= 11 is 0. The number of hydrogen-bond donors (Lipinski definition) is 9. The third kappa shape index (κ3) is 23.8. The van der Waals surface area contributed by atoms with Gasteiger partial charge in [-0.3, -0.25) is 4.79 Å². The van der Waals surface area contributed by atoms with Gasteiger partial charge in [-0.1, -0.05) is 133 Å². The smallest absolute Gasteiger partial charge is 0.220 e. The van der Waals surface area contributed by atoms with E-state index in [-0.39, 0.29) is 18.9 Å². The summed E-state index contributed by atoms with van der Waals surface area (Å²) in [6, 6.07) is -0.940. The number of aliphatic hydroxyl groups is 8. The number of unbranched alkanes of at least 4 members (excludes halogenated alkanes) is 17. The molecule has 0 spiro atoms. The lowest BCUT2D eigenvalue weighted by Gasteiger charge is -2.46. The number of carbonyl (C=O) groups is 1. The van der Waals surface area contributed by atoms with E-state index in [0.717, 1.165) is 64.2 Å². The van der Waals surface area contributed by atoms with E-state index >= 15 is 0 Å². The van der Waals surface area contributed by atoms with Gasteiger partial charge in [-0.2, -0.15) is 0 Å². The van der Waals surface area contributed by atoms with E-state index in [1.165, 1.54) is 64.2 Å². The Morgan fingerprint density at radius 1 is 0.556 bits per heavy atom. The molecule has 9 N–H and O–H groups in total. The van der Waals surface area contributed by atoms with Crippen LogP contribution in [0.15, 0.2) is 48.6 Å². The van der Waals surface area contributed by atoms with E-state index in [9.17, 15) is 45.6 Å². The Morgan fingerprint density at radius 2 is 1.02 bits per heavy atom. The quantitative estimate of drug-likeness (QED) is 0.0272. The molecule has 0 aromatic rings. The zero-order valence-electron chi connectivity index (χ0n) is 38.6. The molecule has 12 unspecified atom stereocenters. The summed E-state index contributed by atoms with van der Waals surface area (Å²) in [6.07, 6.45) is 24.4. The molecule has 2 heterocycles. The molecule has 0 saturated carbocycles. The van der Waals surface area contributed by atoms with Crippen LogP contribution in [0, 0.1) is 0 Å². The molecule has 63 heavy (non-hydrogen) atoms. The number of ether oxygens (including phenoxy) is 4. The van der Waals surface area contributed by atoms with Gasteiger partial charge in [-0.05, 0) is 70.6 Å². The first-order chi connectivity index (χ1) is 30.6. The Balaban J connectivity index is 1.89. The van der Waals surface area contributed by atoms with Crippen LogP contribution in [0.3, 0.4) is 0 Å². The molecule has 2 fully saturated rings. The van der Waals surface area contributed by atoms with Crippen LogP contribution in [0.4, 0.5) is 0 Å². The fourth-order valence-electron chi connectivity index (χ4n) is 7.67. The number of rotatable bonds is 36. The molecule has 0 aliphatic carbocycles. The summed E-state index contributed by atoms with van der Waals surface area (Å²) in [4.78, 5) is 13.1. The van der Waals surface area contributed by atoms with Crippen LogP contribution in [-0.4, -0.2) is 140 Å². The van der Waals surface area contributed by atoms with Gasteiger partial charge in [0.2, 0.25) is 5.91 Å². The van der Waals surface area contributed by atoms with E-state index in [0.29, 0.717) is 12.8 Å². The molecule has 0 bridgehead atoms. The van der Waals surface area contributed by atoms with Crippen molar-refractivity contribution < 1.29 is 64.6 Å². The van der Waals surface area contributed by atoms with Gasteiger partial charge in [0.15, 0.2) is 12.6 Å². The molecule has 2 rings (SSSR count). The van der Waals surface area contributed by atoms with Crippen molar-refractivity contribution in [3.05, 3.63) is 48.6 Å². The van der Waals surface area contributed by atoms with E-state index < -0.39 is 86.8 Å². The molecule has 0 aromatic carbocycles. The highest BCUT2D eigenvalue weighted by Gasteiger charge is 2.51. The summed E-state index contributed by atoms with van der Waals surface area (Å²) in [7, 11) is 0. The molecule has 14 nitrogen and oxygen atoms in total. The second-order valence-electron chi connectivity index (χ2n) is 17.2. The summed E-state index contributed by atoms with van der Waals surface area (Å²) < 4.78 is 22.6. The number of amides is 1. The standard InChI is InChI=1S/C49H87NO13/c1-3-5-7-9-11-13-15-17-18-19-21-23-25-27-29-31-33-41(54)50-37(38(53)32-30-28-26-24-22-20-16-14-12-10-8-6-4-2)36-60-48-46(59)44(57)47(40(35-52)62-48)63-49-45(58)43(56)42(55)39(34-51)61-49/h12,14,18-19,22,24,30,32,37-40,42-49,51-53,55-59H,3-11,13,15-17,20-21,23,25-29,31,33-36H2,1-2H3,(H,50,54)/b14-12+,19-18-,24-22+,32-30+. The monoisotopic (exact) mass is 898 g/mol. The second-order valence-corrected chi connectivity index (χ2v) is 17.2. The van der Waals surface area contributed by atoms with Gasteiger partial charge in [-0.25, -0.2) is 0 Å². The van der Waals surface area contributed by atoms with Gasteiger partial charge in [0.05, 0.1) is 32.0 Å². The maximum absolute atomic E-state index is 13.1. The number of hydrogen-bond acceptors (Lipinski definition) is 13. The van der Waals surface area contributed by atoms with Crippen LogP contribution >= 0.6 is 0 Å². The van der Waals surface area contributed by atoms with E-state index in [1.54, 1.807) is 6.08 Å². The lowest BCUT2D eigenvalue weighted by molar-refractivity contribution is -0.359. The molecule has 14 heteroatoms. The topological polar surface area (TPSA) is 228 Å². The summed E-state index contributed by atoms with van der Waals surface area (Å²) in [5.74, 6) is -0.266. The molecule has 2 aliphatic heterocycles. The molecule has 12 atom stereocenters. The van der Waals surface area contributed by atoms with Crippen LogP contribution < -0.4 is 5.32 Å². The molecule has 366 valence electrons. The summed E-state index contributed by atoms with van der Waals surface area (Å²) in [5, 5.41) is 86.5. The van der Waals surface area contributed by atoms with Crippen LogP contribution in [0.25, 0.3) is 0 Å². The maximum atomic E-state index is 13.1. The largest absolute Gasteiger partial charge is 0.394 e. The number of carbonyl (C=O) groups excluding carboxylic acids is 1. The average molecular weight is 898 g/mol. The number of nitrogens with one attached hydrogen (secondary N) is 1. The van der Waals surface area contributed by atoms with Gasteiger partial charge in [-0.15, -0.1) is 0 Å². The lowest BCUT2D eigenvalue weighted by atomic mass is 9.97. The first-order valence-electron chi connectivity index (χ1n) is 24.4. The van der Waals surface area contributed by atoms with Gasteiger partial charge >= 0.3 is 0 Å². The Kier molecular flexibility index (Phi) is 32.7. The van der Waals surface area contributed by atoms with Crippen molar-refractivity contribution in [2.75, 3.05) is 19.8 Å². The first kappa shape index (κ1) is 57.1. The van der Waals surface area contributed by atoms with Gasteiger partial charge < -0.3 is 65.1 Å². The number of aliphatic hydroxyl groups excluding tert-OH is 8. The second kappa shape index (κ2) is 36.1. The van der Waals surface area contributed by atoms with Crippen molar-refractivity contribution in [3.63, 3.8) is 0 Å². The Labute approximate surface area is 378 Å². The third-order valence-electron chi connectivity index (χ3n) is 11.7. The van der Waals surface area contributed by atoms with E-state index in [4.69, 9.17) is 18.9 Å². The lowest BCUT2D eigenvalue weighted by Crippen LogP contribution is -2.65. The van der Waals surface area contributed by atoms with E-state index in [1.807, 2.05) is 6.08 Å². The third-order valence-corrected chi connectivity index (χ3v) is 11.7. The Hall–Kier alpha value is -2.05. The Bertz CT molecular complexity index is 1250. The number of allylic oxidation sites excluding steroid dienone is 7.